The molecule has 0 aliphatic rings. The number of hydrogen-bond acceptors (Lipinski definition) is 3. The van der Waals surface area contributed by atoms with Crippen molar-refractivity contribution in [1.82, 2.24) is 10.2 Å². The fourth-order valence-electron chi connectivity index (χ4n) is 2.28. The highest BCUT2D eigenvalue weighted by Gasteiger charge is 2.05. The summed E-state index contributed by atoms with van der Waals surface area (Å²) in [6.07, 6.45) is 4.93. The van der Waals surface area contributed by atoms with E-state index in [0.717, 1.165) is 44.1 Å². The molecule has 24 heavy (non-hydrogen) atoms. The molecule has 0 aliphatic carbocycles. The molecule has 0 fully saturated rings. The van der Waals surface area contributed by atoms with E-state index in [9.17, 15) is 0 Å². The number of unbranched alkanes of at least 4 members (excludes halogenated alkanes) is 1. The average molecular weight is 333 g/mol. The maximum absolute atomic E-state index is 5.74. The molecule has 0 atom stereocenters. The molecular weight excluding hydrogens is 302 g/mol. The monoisotopic (exact) mass is 333 g/mol. The van der Waals surface area contributed by atoms with Gasteiger partial charge in [0, 0.05) is 47.3 Å². The average Bonchev–Trinajstić information content (AvgIpc) is 2.60. The summed E-state index contributed by atoms with van der Waals surface area (Å²) in [6, 6.07) is 8.14. The Morgan fingerprint density at radius 1 is 1.33 bits per heavy atom. The molecule has 1 aromatic rings. The Hall–Kier alpha value is -2.01. The second kappa shape index (κ2) is 12.4. The molecule has 0 radical (unpaired) electrons. The zero-order valence-corrected chi connectivity index (χ0v) is 15.3. The highest BCUT2D eigenvalue weighted by Crippen LogP contribution is 2.13. The van der Waals surface area contributed by atoms with E-state index in [1.165, 1.54) is 5.56 Å². The van der Waals surface area contributed by atoms with Crippen molar-refractivity contribution in [1.29, 1.82) is 0 Å². The first kappa shape index (κ1) is 20.0. The Labute approximate surface area is 146 Å². The molecule has 0 aliphatic heterocycles. The van der Waals surface area contributed by atoms with E-state index < -0.39 is 0 Å². The van der Waals surface area contributed by atoms with Crippen molar-refractivity contribution in [3.05, 3.63) is 42.5 Å². The minimum atomic E-state index is 0.665. The maximum atomic E-state index is 5.74. The van der Waals surface area contributed by atoms with Gasteiger partial charge in [0.1, 0.15) is 5.75 Å². The number of hydrogen-bond donors (Lipinski definition) is 1. The largest absolute Gasteiger partial charge is 0.493 e. The first-order chi connectivity index (χ1) is 11.7. The number of nitrogens with one attached hydrogen (secondary N) is 1. The topological polar surface area (TPSA) is 46.1 Å². The minimum Gasteiger partial charge on any atom is -0.493 e. The first-order valence-corrected chi connectivity index (χ1v) is 8.44. The van der Waals surface area contributed by atoms with Crippen molar-refractivity contribution < 1.29 is 9.47 Å². The Kier molecular flexibility index (Phi) is 10.4. The molecule has 0 aromatic heterocycles. The van der Waals surface area contributed by atoms with Crippen molar-refractivity contribution in [2.45, 2.75) is 25.8 Å². The van der Waals surface area contributed by atoms with Gasteiger partial charge in [-0.25, -0.2) is 0 Å². The summed E-state index contributed by atoms with van der Waals surface area (Å²) in [4.78, 5) is 6.47. The summed E-state index contributed by atoms with van der Waals surface area (Å²) >= 11 is 0. The molecule has 134 valence electrons. The molecule has 0 amide bonds. The first-order valence-electron chi connectivity index (χ1n) is 8.44. The molecule has 0 unspecified atom stereocenters. The van der Waals surface area contributed by atoms with Crippen molar-refractivity contribution in [3.8, 4) is 5.75 Å². The Morgan fingerprint density at radius 3 is 2.88 bits per heavy atom. The number of rotatable bonds is 11. The van der Waals surface area contributed by atoms with Gasteiger partial charge in [-0.15, -0.1) is 6.58 Å². The van der Waals surface area contributed by atoms with Crippen LogP contribution in [0, 0.1) is 0 Å². The fourth-order valence-corrected chi connectivity index (χ4v) is 2.28. The number of ether oxygens (including phenoxy) is 2. The van der Waals surface area contributed by atoms with E-state index in [-0.39, 0.29) is 0 Å². The fraction of sp³-hybridized carbons (Fsp3) is 0.526. The lowest BCUT2D eigenvalue weighted by Crippen LogP contribution is -2.38. The van der Waals surface area contributed by atoms with Crippen LogP contribution in [0.5, 0.6) is 5.75 Å². The quantitative estimate of drug-likeness (QED) is 0.293. The molecule has 1 aromatic carbocycles. The molecule has 0 heterocycles. The van der Waals surface area contributed by atoms with Gasteiger partial charge in [-0.05, 0) is 30.5 Å². The number of guanidine groups is 1. The number of benzene rings is 1. The van der Waals surface area contributed by atoms with Crippen LogP contribution in [0.1, 0.15) is 24.8 Å². The minimum absolute atomic E-state index is 0.665. The van der Waals surface area contributed by atoms with Crippen LogP contribution in [0.2, 0.25) is 0 Å². The van der Waals surface area contributed by atoms with Crippen LogP contribution < -0.4 is 10.1 Å². The molecular formula is C19H31N3O2. The molecule has 1 rings (SSSR count). The lowest BCUT2D eigenvalue weighted by molar-refractivity contribution is 0.172. The molecule has 5 nitrogen and oxygen atoms in total. The molecule has 5 heteroatoms. The SMILES string of the molecule is C=CCCCN(C)C(=NC)NCc1cccc(OCCCOC)c1. The molecule has 0 saturated carbocycles. The van der Waals surface area contributed by atoms with Crippen LogP contribution in [0.25, 0.3) is 0 Å². The van der Waals surface area contributed by atoms with Gasteiger partial charge in [0.05, 0.1) is 6.61 Å². The number of methoxy groups -OCH3 is 1. The Bertz CT molecular complexity index is 503. The lowest BCUT2D eigenvalue weighted by atomic mass is 10.2. The van der Waals surface area contributed by atoms with Crippen LogP contribution >= 0.6 is 0 Å². The summed E-state index contributed by atoms with van der Waals surface area (Å²) in [5, 5.41) is 3.39. The summed E-state index contributed by atoms with van der Waals surface area (Å²) in [7, 11) is 5.56. The van der Waals surface area contributed by atoms with Gasteiger partial charge in [-0.1, -0.05) is 18.2 Å². The summed E-state index contributed by atoms with van der Waals surface area (Å²) in [5.41, 5.74) is 1.17. The van der Waals surface area contributed by atoms with Crippen LogP contribution in [0.15, 0.2) is 41.9 Å². The lowest BCUT2D eigenvalue weighted by Gasteiger charge is -2.22. The third kappa shape index (κ3) is 8.02. The second-order valence-electron chi connectivity index (χ2n) is 5.60. The van der Waals surface area contributed by atoms with Gasteiger partial charge in [0.25, 0.3) is 0 Å². The van der Waals surface area contributed by atoms with Gasteiger partial charge in [0.15, 0.2) is 5.96 Å². The van der Waals surface area contributed by atoms with Crippen molar-refractivity contribution >= 4 is 5.96 Å². The van der Waals surface area contributed by atoms with Crippen LogP contribution in [-0.2, 0) is 11.3 Å². The highest BCUT2D eigenvalue weighted by atomic mass is 16.5. The van der Waals surface area contributed by atoms with Gasteiger partial charge >= 0.3 is 0 Å². The van der Waals surface area contributed by atoms with E-state index >= 15 is 0 Å². The summed E-state index contributed by atoms with van der Waals surface area (Å²) < 4.78 is 10.8. The van der Waals surface area contributed by atoms with Crippen molar-refractivity contribution in [3.63, 3.8) is 0 Å². The van der Waals surface area contributed by atoms with E-state index in [1.807, 2.05) is 32.3 Å². The molecule has 0 saturated heterocycles. The van der Waals surface area contributed by atoms with Crippen molar-refractivity contribution in [2.75, 3.05) is 41.0 Å². The van der Waals surface area contributed by atoms with Gasteiger partial charge in [-0.3, -0.25) is 4.99 Å². The van der Waals surface area contributed by atoms with E-state index in [0.29, 0.717) is 13.2 Å². The van der Waals surface area contributed by atoms with E-state index in [4.69, 9.17) is 9.47 Å². The second-order valence-corrected chi connectivity index (χ2v) is 5.60. The summed E-state index contributed by atoms with van der Waals surface area (Å²) in [6.45, 7) is 6.81. The predicted octanol–water partition coefficient (Wildman–Crippen LogP) is 3.08. The smallest absolute Gasteiger partial charge is 0.193 e. The van der Waals surface area contributed by atoms with Gasteiger partial charge in [-0.2, -0.15) is 0 Å². The molecule has 0 bridgehead atoms. The third-order valence-corrected chi connectivity index (χ3v) is 3.59. The standard InChI is InChI=1S/C19H31N3O2/c1-5-6-7-12-22(3)19(20-2)21-16-17-10-8-11-18(15-17)24-14-9-13-23-4/h5,8,10-11,15H,1,6-7,9,12-14,16H2,2-4H3,(H,20,21). The van der Waals surface area contributed by atoms with E-state index in [1.54, 1.807) is 7.11 Å². The van der Waals surface area contributed by atoms with Crippen molar-refractivity contribution in [2.24, 2.45) is 4.99 Å². The number of aliphatic imine (C=N–C) groups is 1. The maximum Gasteiger partial charge on any atom is 0.193 e. The summed E-state index contributed by atoms with van der Waals surface area (Å²) in [5.74, 6) is 1.78. The highest BCUT2D eigenvalue weighted by molar-refractivity contribution is 5.79. The molecule has 0 spiro atoms. The number of allylic oxidation sites excluding steroid dienone is 1. The zero-order valence-electron chi connectivity index (χ0n) is 15.3. The Morgan fingerprint density at radius 2 is 2.17 bits per heavy atom. The predicted molar refractivity (Wildman–Crippen MR) is 101 cm³/mol. The van der Waals surface area contributed by atoms with Crippen LogP contribution in [0.4, 0.5) is 0 Å². The Balaban J connectivity index is 2.45. The molecule has 1 N–H and O–H groups in total. The van der Waals surface area contributed by atoms with Gasteiger partial charge in [0.2, 0.25) is 0 Å². The van der Waals surface area contributed by atoms with Gasteiger partial charge < -0.3 is 19.7 Å². The zero-order chi connectivity index (χ0) is 17.6. The normalized spacial score (nSPS) is 11.2. The van der Waals surface area contributed by atoms with Crippen LogP contribution in [-0.4, -0.2) is 51.8 Å². The third-order valence-electron chi connectivity index (χ3n) is 3.59. The number of nitrogens with zero attached hydrogens (tertiary/aromatic N) is 2. The van der Waals surface area contributed by atoms with E-state index in [2.05, 4.69) is 33.9 Å². The van der Waals surface area contributed by atoms with Crippen LogP contribution in [0.3, 0.4) is 0 Å².